The molecule has 21 heavy (non-hydrogen) atoms. The summed E-state index contributed by atoms with van der Waals surface area (Å²) in [7, 11) is 0. The average Bonchev–Trinajstić information content (AvgIpc) is 2.56. The Morgan fingerprint density at radius 2 is 1.48 bits per heavy atom. The molecular formula is C19H20N2. The van der Waals surface area contributed by atoms with Crippen molar-refractivity contribution >= 4 is 22.1 Å². The van der Waals surface area contributed by atoms with Gasteiger partial charge in [0, 0.05) is 29.9 Å². The first kappa shape index (κ1) is 13.7. The van der Waals surface area contributed by atoms with Crippen LogP contribution in [0.15, 0.2) is 66.7 Å². The van der Waals surface area contributed by atoms with E-state index in [0.29, 0.717) is 6.54 Å². The molecule has 0 saturated carbocycles. The predicted molar refractivity (Wildman–Crippen MR) is 91.0 cm³/mol. The third-order valence-electron chi connectivity index (χ3n) is 3.88. The van der Waals surface area contributed by atoms with E-state index < -0.39 is 0 Å². The maximum Gasteiger partial charge on any atom is 0.0490 e. The molecule has 0 bridgehead atoms. The molecule has 0 unspecified atom stereocenters. The lowest BCUT2D eigenvalue weighted by Crippen LogP contribution is -2.18. The highest BCUT2D eigenvalue weighted by Gasteiger charge is 2.13. The number of anilines is 2. The van der Waals surface area contributed by atoms with Crippen LogP contribution in [0.1, 0.15) is 12.5 Å². The van der Waals surface area contributed by atoms with Crippen LogP contribution in [-0.4, -0.2) is 6.54 Å². The molecule has 0 aliphatic rings. The molecule has 0 radical (unpaired) electrons. The van der Waals surface area contributed by atoms with Crippen molar-refractivity contribution in [3.63, 3.8) is 0 Å². The Morgan fingerprint density at radius 3 is 2.29 bits per heavy atom. The number of hydrogen-bond acceptors (Lipinski definition) is 2. The van der Waals surface area contributed by atoms with Crippen molar-refractivity contribution in [1.82, 2.24) is 0 Å². The molecular weight excluding hydrogens is 256 g/mol. The first-order chi connectivity index (χ1) is 10.3. The van der Waals surface area contributed by atoms with E-state index in [2.05, 4.69) is 72.5 Å². The van der Waals surface area contributed by atoms with E-state index in [9.17, 15) is 0 Å². The summed E-state index contributed by atoms with van der Waals surface area (Å²) in [5.41, 5.74) is 9.51. The van der Waals surface area contributed by atoms with E-state index in [0.717, 1.165) is 6.54 Å². The maximum absolute atomic E-state index is 5.91. The molecule has 2 nitrogen and oxygen atoms in total. The van der Waals surface area contributed by atoms with Crippen LogP contribution in [0.4, 0.5) is 11.4 Å². The van der Waals surface area contributed by atoms with E-state index in [1.807, 2.05) is 6.07 Å². The Morgan fingerprint density at radius 1 is 0.810 bits per heavy atom. The smallest absolute Gasteiger partial charge is 0.0490 e. The van der Waals surface area contributed by atoms with Gasteiger partial charge in [0.25, 0.3) is 0 Å². The fourth-order valence-corrected chi connectivity index (χ4v) is 2.86. The zero-order valence-corrected chi connectivity index (χ0v) is 12.3. The molecule has 0 aliphatic heterocycles. The third kappa shape index (κ3) is 2.50. The van der Waals surface area contributed by atoms with Crippen molar-refractivity contribution in [1.29, 1.82) is 0 Å². The maximum atomic E-state index is 5.91. The van der Waals surface area contributed by atoms with E-state index in [1.165, 1.54) is 27.7 Å². The molecule has 0 saturated heterocycles. The number of nitrogens with zero attached hydrogens (tertiary/aromatic N) is 1. The van der Waals surface area contributed by atoms with Gasteiger partial charge in [0.1, 0.15) is 0 Å². The molecule has 3 aromatic rings. The van der Waals surface area contributed by atoms with E-state index in [1.54, 1.807) is 0 Å². The summed E-state index contributed by atoms with van der Waals surface area (Å²) in [6.07, 6.45) is 0. The predicted octanol–water partition coefficient (Wildman–Crippen LogP) is 4.46. The molecule has 0 heterocycles. The minimum Gasteiger partial charge on any atom is -0.341 e. The van der Waals surface area contributed by atoms with Gasteiger partial charge in [-0.25, -0.2) is 0 Å². The summed E-state index contributed by atoms with van der Waals surface area (Å²) in [6, 6.07) is 23.3. The zero-order valence-electron chi connectivity index (χ0n) is 12.3. The third-order valence-corrected chi connectivity index (χ3v) is 3.88. The van der Waals surface area contributed by atoms with Gasteiger partial charge in [0.15, 0.2) is 0 Å². The van der Waals surface area contributed by atoms with Crippen molar-refractivity contribution in [2.24, 2.45) is 5.73 Å². The highest BCUT2D eigenvalue weighted by Crippen LogP contribution is 2.33. The summed E-state index contributed by atoms with van der Waals surface area (Å²) in [6.45, 7) is 3.64. The highest BCUT2D eigenvalue weighted by molar-refractivity contribution is 5.96. The highest BCUT2D eigenvalue weighted by atomic mass is 15.1. The summed E-state index contributed by atoms with van der Waals surface area (Å²) in [5.74, 6) is 0. The van der Waals surface area contributed by atoms with Crippen LogP contribution in [0.5, 0.6) is 0 Å². The largest absolute Gasteiger partial charge is 0.341 e. The normalized spacial score (nSPS) is 10.8. The molecule has 0 aromatic heterocycles. The van der Waals surface area contributed by atoms with Gasteiger partial charge in [-0.05, 0) is 30.0 Å². The van der Waals surface area contributed by atoms with Crippen LogP contribution >= 0.6 is 0 Å². The van der Waals surface area contributed by atoms with Crippen molar-refractivity contribution in [2.45, 2.75) is 13.5 Å². The molecule has 0 fully saturated rings. The number of fused-ring (bicyclic) bond motifs is 1. The van der Waals surface area contributed by atoms with Gasteiger partial charge in [-0.1, -0.05) is 54.6 Å². The lowest BCUT2D eigenvalue weighted by atomic mass is 10.1. The molecule has 0 atom stereocenters. The lowest BCUT2D eigenvalue weighted by molar-refractivity contribution is 0.987. The van der Waals surface area contributed by atoms with Crippen molar-refractivity contribution in [2.75, 3.05) is 11.4 Å². The van der Waals surface area contributed by atoms with Gasteiger partial charge in [0.05, 0.1) is 0 Å². The molecule has 0 aliphatic carbocycles. The standard InChI is InChI=1S/C19H20N2/c1-2-21(18-12-6-4-9-16(18)14-20)19-13-7-10-15-8-3-5-11-17(15)19/h3-13H,2,14,20H2,1H3. The first-order valence-electron chi connectivity index (χ1n) is 7.38. The molecule has 0 spiro atoms. The van der Waals surface area contributed by atoms with Crippen LogP contribution in [-0.2, 0) is 6.54 Å². The van der Waals surface area contributed by atoms with Gasteiger partial charge in [-0.15, -0.1) is 0 Å². The number of para-hydroxylation sites is 1. The number of benzene rings is 3. The number of nitrogens with two attached hydrogens (primary N) is 1. The molecule has 3 rings (SSSR count). The number of rotatable bonds is 4. The summed E-state index contributed by atoms with van der Waals surface area (Å²) < 4.78 is 0. The molecule has 2 heteroatoms. The first-order valence-corrected chi connectivity index (χ1v) is 7.38. The molecule has 3 aromatic carbocycles. The number of hydrogen-bond donors (Lipinski definition) is 1. The van der Waals surface area contributed by atoms with E-state index in [4.69, 9.17) is 5.73 Å². The second kappa shape index (κ2) is 5.98. The second-order valence-corrected chi connectivity index (χ2v) is 5.08. The summed E-state index contributed by atoms with van der Waals surface area (Å²) in [5, 5.41) is 2.53. The Balaban J connectivity index is 2.19. The lowest BCUT2D eigenvalue weighted by Gasteiger charge is -2.27. The van der Waals surface area contributed by atoms with Crippen molar-refractivity contribution < 1.29 is 0 Å². The zero-order chi connectivity index (χ0) is 14.7. The van der Waals surface area contributed by atoms with Gasteiger partial charge >= 0.3 is 0 Å². The monoisotopic (exact) mass is 276 g/mol. The van der Waals surface area contributed by atoms with Gasteiger partial charge in [-0.2, -0.15) is 0 Å². The summed E-state index contributed by atoms with van der Waals surface area (Å²) in [4.78, 5) is 2.34. The topological polar surface area (TPSA) is 29.3 Å². The molecule has 106 valence electrons. The fourth-order valence-electron chi connectivity index (χ4n) is 2.86. The quantitative estimate of drug-likeness (QED) is 0.762. The molecule has 2 N–H and O–H groups in total. The van der Waals surface area contributed by atoms with Crippen LogP contribution in [0, 0.1) is 0 Å². The molecule has 0 amide bonds. The van der Waals surface area contributed by atoms with Crippen LogP contribution in [0.3, 0.4) is 0 Å². The Bertz CT molecular complexity index is 744. The Hall–Kier alpha value is -2.32. The van der Waals surface area contributed by atoms with Gasteiger partial charge < -0.3 is 10.6 Å². The average molecular weight is 276 g/mol. The Kier molecular flexibility index (Phi) is 3.89. The Labute approximate surface area is 125 Å². The summed E-state index contributed by atoms with van der Waals surface area (Å²) >= 11 is 0. The van der Waals surface area contributed by atoms with Crippen LogP contribution < -0.4 is 10.6 Å². The van der Waals surface area contributed by atoms with Crippen LogP contribution in [0.2, 0.25) is 0 Å². The minimum absolute atomic E-state index is 0.553. The van der Waals surface area contributed by atoms with E-state index >= 15 is 0 Å². The SMILES string of the molecule is CCN(c1ccccc1CN)c1cccc2ccccc12. The van der Waals surface area contributed by atoms with Crippen molar-refractivity contribution in [3.05, 3.63) is 72.3 Å². The van der Waals surface area contributed by atoms with E-state index in [-0.39, 0.29) is 0 Å². The van der Waals surface area contributed by atoms with Gasteiger partial charge in [-0.3, -0.25) is 0 Å². The van der Waals surface area contributed by atoms with Crippen LogP contribution in [0.25, 0.3) is 10.8 Å². The second-order valence-electron chi connectivity index (χ2n) is 5.08. The minimum atomic E-state index is 0.553. The fraction of sp³-hybridized carbons (Fsp3) is 0.158. The van der Waals surface area contributed by atoms with Gasteiger partial charge in [0.2, 0.25) is 0 Å². The van der Waals surface area contributed by atoms with Crippen molar-refractivity contribution in [3.8, 4) is 0 Å².